The molecule has 1 N–H and O–H groups in total. The summed E-state index contributed by atoms with van der Waals surface area (Å²) in [5, 5.41) is 3.04. The lowest BCUT2D eigenvalue weighted by atomic mass is 10.0. The Morgan fingerprint density at radius 1 is 0.840 bits per heavy atom. The first-order valence-electron chi connectivity index (χ1n) is 10.9. The van der Waals surface area contributed by atoms with Crippen LogP contribution < -0.4 is 5.32 Å². The van der Waals surface area contributed by atoms with Gasteiger partial charge in [-0.3, -0.25) is 4.79 Å². The van der Waals surface area contributed by atoms with Crippen LogP contribution in [0.1, 0.15) is 110 Å². The van der Waals surface area contributed by atoms with Crippen molar-refractivity contribution in [1.29, 1.82) is 0 Å². The van der Waals surface area contributed by atoms with E-state index in [4.69, 9.17) is 0 Å². The number of allylic oxidation sites excluding steroid dienone is 2. The fraction of sp³-hybridized carbons (Fsp3) is 0.783. The van der Waals surface area contributed by atoms with Crippen LogP contribution in [-0.4, -0.2) is 12.5 Å². The lowest BCUT2D eigenvalue weighted by Gasteiger charge is -2.08. The third-order valence-corrected chi connectivity index (χ3v) is 5.07. The second-order valence-electron chi connectivity index (χ2n) is 7.53. The van der Waals surface area contributed by atoms with Gasteiger partial charge in [0.05, 0.1) is 0 Å². The maximum absolute atomic E-state index is 11.8. The fourth-order valence-corrected chi connectivity index (χ4v) is 3.39. The summed E-state index contributed by atoms with van der Waals surface area (Å²) in [6.07, 6.45) is 27.0. The summed E-state index contributed by atoms with van der Waals surface area (Å²) >= 11 is 0. The Kier molecular flexibility index (Phi) is 14.4. The molecule has 0 unspecified atom stereocenters. The fourth-order valence-electron chi connectivity index (χ4n) is 3.39. The molecule has 25 heavy (non-hydrogen) atoms. The van der Waals surface area contributed by atoms with Crippen molar-refractivity contribution in [3.05, 3.63) is 23.8 Å². The number of carbonyl (C=O) groups excluding carboxylic acids is 1. The molecule has 0 bridgehead atoms. The topological polar surface area (TPSA) is 29.1 Å². The first-order chi connectivity index (χ1) is 12.3. The zero-order chi connectivity index (χ0) is 18.0. The quantitative estimate of drug-likeness (QED) is 0.304. The van der Waals surface area contributed by atoms with E-state index < -0.39 is 0 Å². The molecule has 0 spiro atoms. The summed E-state index contributed by atoms with van der Waals surface area (Å²) in [6.45, 7) is 2.98. The Bertz CT molecular complexity index is 384. The van der Waals surface area contributed by atoms with Crippen LogP contribution in [0.5, 0.6) is 0 Å². The van der Waals surface area contributed by atoms with Gasteiger partial charge in [0.2, 0.25) is 5.91 Å². The molecular formula is C23H41NO. The molecule has 144 valence electrons. The van der Waals surface area contributed by atoms with Crippen molar-refractivity contribution in [2.24, 2.45) is 0 Å². The molecule has 0 aromatic rings. The summed E-state index contributed by atoms with van der Waals surface area (Å²) in [5.41, 5.74) is 1.25. The Labute approximate surface area is 156 Å². The Balaban J connectivity index is 1.78. The molecular weight excluding hydrogens is 306 g/mol. The Morgan fingerprint density at radius 2 is 1.40 bits per heavy atom. The van der Waals surface area contributed by atoms with E-state index in [1.165, 1.54) is 82.6 Å². The summed E-state index contributed by atoms with van der Waals surface area (Å²) < 4.78 is 0. The van der Waals surface area contributed by atoms with Crippen LogP contribution in [0, 0.1) is 0 Å². The molecule has 0 radical (unpaired) electrons. The molecule has 1 amide bonds. The first-order valence-corrected chi connectivity index (χ1v) is 10.9. The van der Waals surface area contributed by atoms with Crippen molar-refractivity contribution in [3.8, 4) is 0 Å². The van der Waals surface area contributed by atoms with Gasteiger partial charge in [0.15, 0.2) is 0 Å². The highest BCUT2D eigenvalue weighted by Crippen LogP contribution is 2.13. The van der Waals surface area contributed by atoms with E-state index in [1.807, 2.05) is 0 Å². The maximum Gasteiger partial charge on any atom is 0.220 e. The minimum atomic E-state index is 0.211. The van der Waals surface area contributed by atoms with Crippen molar-refractivity contribution in [3.63, 3.8) is 0 Å². The van der Waals surface area contributed by atoms with E-state index in [0.717, 1.165) is 19.3 Å². The largest absolute Gasteiger partial charge is 0.352 e. The first kappa shape index (κ1) is 22.0. The molecule has 2 heteroatoms. The third-order valence-electron chi connectivity index (χ3n) is 5.07. The van der Waals surface area contributed by atoms with Gasteiger partial charge in [0.1, 0.15) is 0 Å². The standard InChI is InChI=1S/C23H41NO/c1-2-3-4-5-6-7-8-9-10-11-12-13-17-20-23(25)24-21-22-18-15-14-16-19-22/h15,18-19H,2-14,16-17,20-21H2,1H3,(H,24,25). The molecule has 0 fully saturated rings. The second kappa shape index (κ2) is 16.4. The van der Waals surface area contributed by atoms with Gasteiger partial charge < -0.3 is 5.32 Å². The van der Waals surface area contributed by atoms with Gasteiger partial charge in [-0.05, 0) is 24.8 Å². The van der Waals surface area contributed by atoms with E-state index in [2.05, 4.69) is 30.5 Å². The van der Waals surface area contributed by atoms with Gasteiger partial charge >= 0.3 is 0 Å². The highest BCUT2D eigenvalue weighted by Gasteiger charge is 2.03. The zero-order valence-electron chi connectivity index (χ0n) is 16.7. The minimum absolute atomic E-state index is 0.211. The van der Waals surface area contributed by atoms with Gasteiger partial charge in [-0.15, -0.1) is 0 Å². The van der Waals surface area contributed by atoms with Crippen LogP contribution in [0.4, 0.5) is 0 Å². The van der Waals surface area contributed by atoms with Crippen LogP contribution in [0.15, 0.2) is 23.8 Å². The Hall–Kier alpha value is -1.05. The van der Waals surface area contributed by atoms with Crippen LogP contribution in [-0.2, 0) is 4.79 Å². The van der Waals surface area contributed by atoms with Crippen LogP contribution in [0.25, 0.3) is 0 Å². The second-order valence-corrected chi connectivity index (χ2v) is 7.53. The highest BCUT2D eigenvalue weighted by atomic mass is 16.1. The smallest absolute Gasteiger partial charge is 0.220 e. The van der Waals surface area contributed by atoms with E-state index in [1.54, 1.807) is 0 Å². The number of nitrogens with one attached hydrogen (secondary N) is 1. The normalized spacial score (nSPS) is 13.7. The number of hydrogen-bond donors (Lipinski definition) is 1. The predicted octanol–water partition coefficient (Wildman–Crippen LogP) is 6.86. The lowest BCUT2D eigenvalue weighted by Crippen LogP contribution is -2.25. The molecule has 0 aromatic heterocycles. The SMILES string of the molecule is CCCCCCCCCCCCCCCC(=O)NCC1=CCCC=C1. The molecule has 0 aliphatic heterocycles. The molecule has 0 saturated heterocycles. The summed E-state index contributed by atoms with van der Waals surface area (Å²) in [5.74, 6) is 0.211. The molecule has 1 rings (SSSR count). The van der Waals surface area contributed by atoms with Crippen LogP contribution in [0.3, 0.4) is 0 Å². The summed E-state index contributed by atoms with van der Waals surface area (Å²) in [4.78, 5) is 11.8. The average molecular weight is 348 g/mol. The molecule has 1 aliphatic rings. The lowest BCUT2D eigenvalue weighted by molar-refractivity contribution is -0.121. The van der Waals surface area contributed by atoms with Crippen molar-refractivity contribution in [2.75, 3.05) is 6.54 Å². The molecule has 0 aromatic carbocycles. The van der Waals surface area contributed by atoms with E-state index in [9.17, 15) is 4.79 Å². The number of amides is 1. The van der Waals surface area contributed by atoms with Crippen molar-refractivity contribution >= 4 is 5.91 Å². The molecule has 0 heterocycles. The highest BCUT2D eigenvalue weighted by molar-refractivity contribution is 5.76. The third kappa shape index (κ3) is 13.9. The van der Waals surface area contributed by atoms with Crippen LogP contribution >= 0.6 is 0 Å². The monoisotopic (exact) mass is 347 g/mol. The van der Waals surface area contributed by atoms with Crippen molar-refractivity contribution in [2.45, 2.75) is 110 Å². The maximum atomic E-state index is 11.8. The van der Waals surface area contributed by atoms with Gasteiger partial charge in [0, 0.05) is 13.0 Å². The average Bonchev–Trinajstić information content (AvgIpc) is 2.64. The van der Waals surface area contributed by atoms with Crippen LogP contribution in [0.2, 0.25) is 0 Å². The number of rotatable bonds is 16. The number of unbranched alkanes of at least 4 members (excludes halogenated alkanes) is 12. The van der Waals surface area contributed by atoms with Gasteiger partial charge in [0.25, 0.3) is 0 Å². The molecule has 2 nitrogen and oxygen atoms in total. The van der Waals surface area contributed by atoms with E-state index in [0.29, 0.717) is 13.0 Å². The van der Waals surface area contributed by atoms with Gasteiger partial charge in [-0.25, -0.2) is 0 Å². The number of carbonyl (C=O) groups is 1. The van der Waals surface area contributed by atoms with Crippen molar-refractivity contribution in [1.82, 2.24) is 5.32 Å². The molecule has 0 saturated carbocycles. The molecule has 0 atom stereocenters. The molecule has 1 aliphatic carbocycles. The van der Waals surface area contributed by atoms with E-state index >= 15 is 0 Å². The van der Waals surface area contributed by atoms with E-state index in [-0.39, 0.29) is 5.91 Å². The number of hydrogen-bond acceptors (Lipinski definition) is 1. The summed E-state index contributed by atoms with van der Waals surface area (Å²) in [6, 6.07) is 0. The Morgan fingerprint density at radius 3 is 1.92 bits per heavy atom. The van der Waals surface area contributed by atoms with Gasteiger partial charge in [-0.1, -0.05) is 102 Å². The predicted molar refractivity (Wildman–Crippen MR) is 110 cm³/mol. The van der Waals surface area contributed by atoms with Gasteiger partial charge in [-0.2, -0.15) is 0 Å². The zero-order valence-corrected chi connectivity index (χ0v) is 16.7. The minimum Gasteiger partial charge on any atom is -0.352 e. The van der Waals surface area contributed by atoms with Crippen molar-refractivity contribution < 1.29 is 4.79 Å². The summed E-state index contributed by atoms with van der Waals surface area (Å²) in [7, 11) is 0.